The zero-order chi connectivity index (χ0) is 24.3. The Labute approximate surface area is 201 Å². The van der Waals surface area contributed by atoms with Crippen LogP contribution in [0.25, 0.3) is 0 Å². The van der Waals surface area contributed by atoms with Gasteiger partial charge in [-0.3, -0.25) is 0 Å². The van der Waals surface area contributed by atoms with Crippen molar-refractivity contribution < 1.29 is 20.4 Å². The van der Waals surface area contributed by atoms with Crippen molar-refractivity contribution in [3.63, 3.8) is 0 Å². The fourth-order valence-corrected chi connectivity index (χ4v) is 9.41. The maximum atomic E-state index is 11.8. The molecule has 0 aromatic heterocycles. The van der Waals surface area contributed by atoms with Crippen molar-refractivity contribution >= 4 is 0 Å². The van der Waals surface area contributed by atoms with Crippen molar-refractivity contribution in [2.24, 2.45) is 46.3 Å². The molecule has 0 spiro atoms. The van der Waals surface area contributed by atoms with E-state index in [1.807, 2.05) is 6.92 Å². The number of rotatable bonds is 6. The molecule has 0 saturated heterocycles. The fourth-order valence-electron chi connectivity index (χ4n) is 9.41. The Balaban J connectivity index is 1.60. The summed E-state index contributed by atoms with van der Waals surface area (Å²) >= 11 is 0. The van der Waals surface area contributed by atoms with Gasteiger partial charge in [0, 0.05) is 5.92 Å². The maximum Gasteiger partial charge on any atom is 0.0757 e. The minimum Gasteiger partial charge on any atom is -0.393 e. The van der Waals surface area contributed by atoms with Gasteiger partial charge >= 0.3 is 0 Å². The molecule has 3 fully saturated rings. The SMILES string of the molecule is CC[C@H](CC[C@](C)(O)[C@H]1[C@@H](O)C[C@H]2[C@@H]3[C@H](O)C=C4C[C@@H](O)CCC4(C)[C@H]3CC[C@@]21C)C(C)C. The first-order valence-electron chi connectivity index (χ1n) is 13.8. The lowest BCUT2D eigenvalue weighted by Crippen LogP contribution is -2.56. The van der Waals surface area contributed by atoms with Gasteiger partial charge < -0.3 is 20.4 Å². The molecule has 190 valence electrons. The lowest BCUT2D eigenvalue weighted by molar-refractivity contribution is -0.137. The molecule has 0 heterocycles. The molecule has 0 radical (unpaired) electrons. The van der Waals surface area contributed by atoms with Crippen LogP contribution in [0.15, 0.2) is 11.6 Å². The fraction of sp³-hybridized carbons (Fsp3) is 0.931. The summed E-state index contributed by atoms with van der Waals surface area (Å²) in [5.74, 6) is 1.78. The van der Waals surface area contributed by atoms with E-state index in [0.717, 1.165) is 44.9 Å². The topological polar surface area (TPSA) is 80.9 Å². The highest BCUT2D eigenvalue weighted by molar-refractivity contribution is 5.28. The average Bonchev–Trinajstić information content (AvgIpc) is 3.00. The van der Waals surface area contributed by atoms with E-state index in [9.17, 15) is 20.4 Å². The van der Waals surface area contributed by atoms with Crippen LogP contribution in [-0.2, 0) is 0 Å². The van der Waals surface area contributed by atoms with Crippen molar-refractivity contribution in [2.75, 3.05) is 0 Å². The van der Waals surface area contributed by atoms with E-state index in [1.54, 1.807) is 0 Å². The van der Waals surface area contributed by atoms with Crippen molar-refractivity contribution in [1.82, 2.24) is 0 Å². The summed E-state index contributed by atoms with van der Waals surface area (Å²) in [5, 5.41) is 44.8. The molecule has 0 aromatic rings. The normalized spacial score (nSPS) is 47.8. The van der Waals surface area contributed by atoms with Gasteiger partial charge in [0.1, 0.15) is 0 Å². The second-order valence-electron chi connectivity index (χ2n) is 13.4. The first kappa shape index (κ1) is 25.7. The molecule has 4 N–H and O–H groups in total. The third-order valence-corrected chi connectivity index (χ3v) is 11.3. The molecular formula is C29H50O4. The minimum absolute atomic E-state index is 0.0433. The molecule has 0 amide bonds. The molecule has 4 nitrogen and oxygen atoms in total. The van der Waals surface area contributed by atoms with Crippen molar-refractivity contribution in [3.05, 3.63) is 11.6 Å². The summed E-state index contributed by atoms with van der Waals surface area (Å²) in [6, 6.07) is 0. The maximum absolute atomic E-state index is 11.8. The van der Waals surface area contributed by atoms with E-state index in [2.05, 4.69) is 40.7 Å². The number of hydrogen-bond acceptors (Lipinski definition) is 4. The van der Waals surface area contributed by atoms with Gasteiger partial charge in [0.05, 0.1) is 23.9 Å². The van der Waals surface area contributed by atoms with Crippen LogP contribution < -0.4 is 0 Å². The average molecular weight is 463 g/mol. The number of aliphatic hydroxyl groups excluding tert-OH is 3. The summed E-state index contributed by atoms with van der Waals surface area (Å²) in [6.45, 7) is 13.4. The van der Waals surface area contributed by atoms with Crippen LogP contribution in [0.5, 0.6) is 0 Å². The first-order chi connectivity index (χ1) is 15.3. The van der Waals surface area contributed by atoms with E-state index < -0.39 is 17.8 Å². The zero-order valence-electron chi connectivity index (χ0n) is 21.9. The highest BCUT2D eigenvalue weighted by Crippen LogP contribution is 2.67. The van der Waals surface area contributed by atoms with Crippen LogP contribution in [0.2, 0.25) is 0 Å². The Kier molecular flexibility index (Phi) is 6.93. The van der Waals surface area contributed by atoms with Gasteiger partial charge in [-0.2, -0.15) is 0 Å². The lowest BCUT2D eigenvalue weighted by Gasteiger charge is -2.59. The minimum atomic E-state index is -0.905. The third-order valence-electron chi connectivity index (χ3n) is 11.3. The molecule has 1 unspecified atom stereocenters. The van der Waals surface area contributed by atoms with Crippen LogP contribution in [0, 0.1) is 46.3 Å². The Morgan fingerprint density at radius 2 is 1.79 bits per heavy atom. The quantitative estimate of drug-likeness (QED) is 0.415. The van der Waals surface area contributed by atoms with Gasteiger partial charge in [-0.15, -0.1) is 0 Å². The highest BCUT2D eigenvalue weighted by atomic mass is 16.3. The Morgan fingerprint density at radius 3 is 2.42 bits per heavy atom. The Morgan fingerprint density at radius 1 is 1.09 bits per heavy atom. The van der Waals surface area contributed by atoms with Crippen LogP contribution in [-0.4, -0.2) is 44.3 Å². The van der Waals surface area contributed by atoms with Crippen molar-refractivity contribution in [3.8, 4) is 0 Å². The van der Waals surface area contributed by atoms with E-state index in [0.29, 0.717) is 30.6 Å². The first-order valence-corrected chi connectivity index (χ1v) is 13.8. The molecule has 0 aromatic carbocycles. The van der Waals surface area contributed by atoms with Gasteiger partial charge in [-0.25, -0.2) is 0 Å². The smallest absolute Gasteiger partial charge is 0.0757 e. The van der Waals surface area contributed by atoms with Gasteiger partial charge in [-0.05, 0) is 98.7 Å². The van der Waals surface area contributed by atoms with Crippen LogP contribution in [0.3, 0.4) is 0 Å². The van der Waals surface area contributed by atoms with Crippen molar-refractivity contribution in [2.45, 2.75) is 123 Å². The number of fused-ring (bicyclic) bond motifs is 5. The van der Waals surface area contributed by atoms with Crippen LogP contribution in [0.4, 0.5) is 0 Å². The van der Waals surface area contributed by atoms with Gasteiger partial charge in [0.2, 0.25) is 0 Å². The van der Waals surface area contributed by atoms with E-state index in [-0.39, 0.29) is 34.7 Å². The Hall–Kier alpha value is -0.420. The van der Waals surface area contributed by atoms with Crippen LogP contribution >= 0.6 is 0 Å². The molecule has 4 rings (SSSR count). The predicted molar refractivity (Wildman–Crippen MR) is 132 cm³/mol. The van der Waals surface area contributed by atoms with Gasteiger partial charge in [-0.1, -0.05) is 52.7 Å². The van der Waals surface area contributed by atoms with Gasteiger partial charge in [0.15, 0.2) is 0 Å². The molecule has 11 atom stereocenters. The monoisotopic (exact) mass is 462 g/mol. The van der Waals surface area contributed by atoms with Crippen molar-refractivity contribution in [1.29, 1.82) is 0 Å². The molecule has 33 heavy (non-hydrogen) atoms. The summed E-state index contributed by atoms with van der Waals surface area (Å²) in [5.41, 5.74) is 0.222. The zero-order valence-corrected chi connectivity index (χ0v) is 21.9. The van der Waals surface area contributed by atoms with E-state index in [1.165, 1.54) is 5.57 Å². The summed E-state index contributed by atoms with van der Waals surface area (Å²) in [7, 11) is 0. The molecule has 4 heteroatoms. The summed E-state index contributed by atoms with van der Waals surface area (Å²) in [4.78, 5) is 0. The second kappa shape index (κ2) is 8.91. The summed E-state index contributed by atoms with van der Waals surface area (Å²) < 4.78 is 0. The predicted octanol–water partition coefficient (Wildman–Crippen LogP) is 5.08. The molecule has 4 aliphatic rings. The highest BCUT2D eigenvalue weighted by Gasteiger charge is 2.65. The molecule has 0 bridgehead atoms. The molecule has 4 aliphatic carbocycles. The van der Waals surface area contributed by atoms with E-state index >= 15 is 0 Å². The largest absolute Gasteiger partial charge is 0.393 e. The Bertz CT molecular complexity index is 744. The number of hydrogen-bond donors (Lipinski definition) is 4. The number of aliphatic hydroxyl groups is 4. The molecule has 0 aliphatic heterocycles. The summed E-state index contributed by atoms with van der Waals surface area (Å²) in [6.07, 6.45) is 8.78. The standard InChI is InChI=1S/C29H50O4/c1-7-18(17(2)3)8-13-29(6,33)26-24(32)16-22-25-21(10-12-28(22,26)5)27(4)11-9-20(30)14-19(27)15-23(25)31/h15,17-18,20-26,30-33H,7-14,16H2,1-6H3/t18-,20+,21+,22+,23-,24+,25-,26+,27?,28+,29+/m1/s1. The second-order valence-corrected chi connectivity index (χ2v) is 13.4. The van der Waals surface area contributed by atoms with E-state index in [4.69, 9.17) is 0 Å². The third kappa shape index (κ3) is 4.15. The lowest BCUT2D eigenvalue weighted by atomic mass is 9.46. The van der Waals surface area contributed by atoms with Gasteiger partial charge in [0.25, 0.3) is 0 Å². The molecule has 3 saturated carbocycles. The van der Waals surface area contributed by atoms with Crippen LogP contribution in [0.1, 0.15) is 99.3 Å². The molecular weight excluding hydrogens is 412 g/mol.